The third kappa shape index (κ3) is 0.926. The van der Waals surface area contributed by atoms with E-state index in [4.69, 9.17) is 9.47 Å². The summed E-state index contributed by atoms with van der Waals surface area (Å²) >= 11 is 0. The van der Waals surface area contributed by atoms with Gasteiger partial charge in [-0.25, -0.2) is 0 Å². The highest BCUT2D eigenvalue weighted by atomic mass is 16.7. The molecule has 0 N–H and O–H groups in total. The summed E-state index contributed by atoms with van der Waals surface area (Å²) in [6.07, 6.45) is 1.43. The number of methoxy groups -OCH3 is 1. The van der Waals surface area contributed by atoms with Crippen LogP contribution in [-0.2, 0) is 14.3 Å². The van der Waals surface area contributed by atoms with Crippen LogP contribution in [0.1, 0.15) is 13.8 Å². The monoisotopic (exact) mass is 142 g/mol. The Morgan fingerprint density at radius 3 is 2.50 bits per heavy atom. The Bertz CT molecular complexity index is 195. The minimum atomic E-state index is -1.07. The third-order valence-electron chi connectivity index (χ3n) is 1.53. The molecule has 0 radical (unpaired) electrons. The molecule has 1 unspecified atom stereocenters. The number of ketones is 1. The van der Waals surface area contributed by atoms with Gasteiger partial charge in [0.25, 0.3) is 5.79 Å². The summed E-state index contributed by atoms with van der Waals surface area (Å²) in [6.45, 7) is 3.32. The van der Waals surface area contributed by atoms with E-state index in [-0.39, 0.29) is 5.78 Å². The number of rotatable bonds is 1. The Morgan fingerprint density at radius 1 is 1.70 bits per heavy atom. The normalized spacial score (nSPS) is 31.9. The van der Waals surface area contributed by atoms with Crippen molar-refractivity contribution < 1.29 is 14.3 Å². The summed E-state index contributed by atoms with van der Waals surface area (Å²) in [4.78, 5) is 11.0. The number of allylic oxidation sites excluding steroid dienone is 1. The van der Waals surface area contributed by atoms with Gasteiger partial charge in [0.15, 0.2) is 0 Å². The van der Waals surface area contributed by atoms with Crippen LogP contribution in [0.25, 0.3) is 0 Å². The fraction of sp³-hybridized carbons (Fsp3) is 0.571. The molecular formula is C7H10O3. The third-order valence-corrected chi connectivity index (χ3v) is 1.53. The first-order valence-corrected chi connectivity index (χ1v) is 3.05. The van der Waals surface area contributed by atoms with E-state index < -0.39 is 5.79 Å². The molecule has 0 aliphatic carbocycles. The van der Waals surface area contributed by atoms with E-state index in [0.29, 0.717) is 5.76 Å². The van der Waals surface area contributed by atoms with E-state index in [0.717, 1.165) is 0 Å². The van der Waals surface area contributed by atoms with Crippen molar-refractivity contribution in [3.63, 3.8) is 0 Å². The zero-order valence-corrected chi connectivity index (χ0v) is 6.30. The molecule has 0 fully saturated rings. The molecule has 3 nitrogen and oxygen atoms in total. The van der Waals surface area contributed by atoms with Gasteiger partial charge in [-0.3, -0.25) is 4.79 Å². The van der Waals surface area contributed by atoms with Crippen LogP contribution in [0.5, 0.6) is 0 Å². The molecule has 1 heterocycles. The fourth-order valence-electron chi connectivity index (χ4n) is 0.845. The number of ether oxygens (including phenoxy) is 2. The van der Waals surface area contributed by atoms with E-state index in [9.17, 15) is 4.79 Å². The van der Waals surface area contributed by atoms with Gasteiger partial charge in [0.05, 0.1) is 0 Å². The second-order valence-corrected chi connectivity index (χ2v) is 2.37. The maximum Gasteiger partial charge on any atom is 0.270 e. The summed E-state index contributed by atoms with van der Waals surface area (Å²) in [5.41, 5.74) is 0. The van der Waals surface area contributed by atoms with E-state index in [1.54, 1.807) is 13.8 Å². The van der Waals surface area contributed by atoms with Crippen LogP contribution < -0.4 is 0 Å². The van der Waals surface area contributed by atoms with Crippen LogP contribution in [0.3, 0.4) is 0 Å². The number of carbonyl (C=O) groups excluding carboxylic acids is 1. The lowest BCUT2D eigenvalue weighted by Gasteiger charge is -2.20. The highest BCUT2D eigenvalue weighted by Crippen LogP contribution is 2.24. The average molecular weight is 142 g/mol. The van der Waals surface area contributed by atoms with Crippen molar-refractivity contribution in [1.29, 1.82) is 0 Å². The predicted octanol–water partition coefficient (Wildman–Crippen LogP) is 0.852. The lowest BCUT2D eigenvalue weighted by atomic mass is 10.2. The van der Waals surface area contributed by atoms with Crippen LogP contribution in [-0.4, -0.2) is 18.7 Å². The largest absolute Gasteiger partial charge is 0.459 e. The molecule has 0 saturated carbocycles. The standard InChI is InChI=1S/C7H10O3/c1-5-4-6(8)7(2,9-3)10-5/h4H,1-3H3. The Labute approximate surface area is 59.6 Å². The van der Waals surface area contributed by atoms with Gasteiger partial charge in [0.1, 0.15) is 5.76 Å². The Hall–Kier alpha value is -0.830. The minimum absolute atomic E-state index is 0.132. The van der Waals surface area contributed by atoms with E-state index in [2.05, 4.69) is 0 Å². The lowest BCUT2D eigenvalue weighted by molar-refractivity contribution is -0.181. The zero-order valence-electron chi connectivity index (χ0n) is 6.30. The van der Waals surface area contributed by atoms with Crippen molar-refractivity contribution in [1.82, 2.24) is 0 Å². The molecule has 1 atom stereocenters. The van der Waals surface area contributed by atoms with Gasteiger partial charge in [0, 0.05) is 20.1 Å². The number of carbonyl (C=O) groups is 1. The van der Waals surface area contributed by atoms with E-state index in [1.165, 1.54) is 13.2 Å². The fourth-order valence-corrected chi connectivity index (χ4v) is 0.845. The van der Waals surface area contributed by atoms with Crippen molar-refractivity contribution in [2.75, 3.05) is 7.11 Å². The molecule has 1 aliphatic heterocycles. The van der Waals surface area contributed by atoms with Crippen molar-refractivity contribution >= 4 is 5.78 Å². The summed E-state index contributed by atoms with van der Waals surface area (Å²) in [7, 11) is 1.45. The van der Waals surface area contributed by atoms with Crippen molar-refractivity contribution in [3.8, 4) is 0 Å². The molecule has 3 heteroatoms. The molecule has 56 valence electrons. The summed E-state index contributed by atoms with van der Waals surface area (Å²) in [5, 5.41) is 0. The van der Waals surface area contributed by atoms with Crippen molar-refractivity contribution in [2.24, 2.45) is 0 Å². The SMILES string of the molecule is COC1(C)OC(C)=CC1=O. The smallest absolute Gasteiger partial charge is 0.270 e. The molecule has 10 heavy (non-hydrogen) atoms. The molecule has 0 aromatic heterocycles. The topological polar surface area (TPSA) is 35.5 Å². The minimum Gasteiger partial charge on any atom is -0.459 e. The number of hydrogen-bond acceptors (Lipinski definition) is 3. The second-order valence-electron chi connectivity index (χ2n) is 2.37. The van der Waals surface area contributed by atoms with Gasteiger partial charge in [-0.15, -0.1) is 0 Å². The molecule has 0 aromatic carbocycles. The first kappa shape index (κ1) is 7.28. The van der Waals surface area contributed by atoms with Crippen LogP contribution in [0.2, 0.25) is 0 Å². The first-order valence-electron chi connectivity index (χ1n) is 3.05. The van der Waals surface area contributed by atoms with E-state index >= 15 is 0 Å². The lowest BCUT2D eigenvalue weighted by Crippen LogP contribution is -2.34. The van der Waals surface area contributed by atoms with Gasteiger partial charge in [-0.1, -0.05) is 0 Å². The van der Waals surface area contributed by atoms with Gasteiger partial charge in [0.2, 0.25) is 5.78 Å². The molecule has 0 saturated heterocycles. The highest BCUT2D eigenvalue weighted by molar-refractivity contribution is 5.97. The molecular weight excluding hydrogens is 132 g/mol. The average Bonchev–Trinajstić information content (AvgIpc) is 2.09. The maximum atomic E-state index is 11.0. The molecule has 0 aromatic rings. The van der Waals surface area contributed by atoms with Gasteiger partial charge in [-0.2, -0.15) is 0 Å². The van der Waals surface area contributed by atoms with Gasteiger partial charge in [-0.05, 0) is 6.92 Å². The predicted molar refractivity (Wildman–Crippen MR) is 35.3 cm³/mol. The van der Waals surface area contributed by atoms with Crippen LogP contribution >= 0.6 is 0 Å². The Kier molecular flexibility index (Phi) is 1.52. The Balaban J connectivity index is 2.81. The van der Waals surface area contributed by atoms with Crippen molar-refractivity contribution in [3.05, 3.63) is 11.8 Å². The van der Waals surface area contributed by atoms with Gasteiger partial charge >= 0.3 is 0 Å². The Morgan fingerprint density at radius 2 is 2.30 bits per heavy atom. The summed E-state index contributed by atoms with van der Waals surface area (Å²) in [6, 6.07) is 0. The number of hydrogen-bond donors (Lipinski definition) is 0. The summed E-state index contributed by atoms with van der Waals surface area (Å²) < 4.78 is 9.96. The van der Waals surface area contributed by atoms with Gasteiger partial charge < -0.3 is 9.47 Å². The van der Waals surface area contributed by atoms with Crippen molar-refractivity contribution in [2.45, 2.75) is 19.6 Å². The van der Waals surface area contributed by atoms with E-state index in [1.807, 2.05) is 0 Å². The first-order chi connectivity index (χ1) is 4.58. The highest BCUT2D eigenvalue weighted by Gasteiger charge is 2.38. The molecule has 0 amide bonds. The van der Waals surface area contributed by atoms with Crippen LogP contribution in [0.15, 0.2) is 11.8 Å². The second kappa shape index (κ2) is 2.09. The van der Waals surface area contributed by atoms with Crippen LogP contribution in [0, 0.1) is 0 Å². The maximum absolute atomic E-state index is 11.0. The summed E-state index contributed by atoms with van der Waals surface area (Å²) in [5.74, 6) is -0.591. The quantitative estimate of drug-likeness (QED) is 0.544. The zero-order chi connectivity index (χ0) is 7.78. The molecule has 0 spiro atoms. The molecule has 1 aliphatic rings. The molecule has 1 rings (SSSR count). The van der Waals surface area contributed by atoms with Crippen LogP contribution in [0.4, 0.5) is 0 Å². The molecule has 0 bridgehead atoms.